The molecule has 1 fully saturated rings. The minimum absolute atomic E-state index is 0.138. The molecular weight excluding hydrogens is 285 g/mol. The maximum Gasteiger partial charge on any atom is 0.203 e. The minimum Gasteiger partial charge on any atom is -0.391 e. The Morgan fingerprint density at radius 1 is 1.32 bits per heavy atom. The Hall–Kier alpha value is -2.54. The predicted octanol–water partition coefficient (Wildman–Crippen LogP) is 1.58. The SMILES string of the molecule is OC1CC(c2cccc(F)c2)N(c2nccn3cnnc23)C1. The Kier molecular flexibility index (Phi) is 3.00. The number of fused-ring (bicyclic) bond motifs is 1. The summed E-state index contributed by atoms with van der Waals surface area (Å²) in [6.45, 7) is 0.431. The van der Waals surface area contributed by atoms with Crippen LogP contribution in [0.1, 0.15) is 18.0 Å². The van der Waals surface area contributed by atoms with Gasteiger partial charge in [0, 0.05) is 18.9 Å². The largest absolute Gasteiger partial charge is 0.391 e. The highest BCUT2D eigenvalue weighted by atomic mass is 19.1. The van der Waals surface area contributed by atoms with E-state index in [0.717, 1.165) is 5.56 Å². The van der Waals surface area contributed by atoms with Gasteiger partial charge >= 0.3 is 0 Å². The smallest absolute Gasteiger partial charge is 0.203 e. The van der Waals surface area contributed by atoms with Crippen LogP contribution in [0.15, 0.2) is 43.0 Å². The zero-order valence-corrected chi connectivity index (χ0v) is 11.7. The van der Waals surface area contributed by atoms with Crippen molar-refractivity contribution in [1.82, 2.24) is 19.6 Å². The maximum atomic E-state index is 13.5. The summed E-state index contributed by atoms with van der Waals surface area (Å²) >= 11 is 0. The molecule has 1 aromatic carbocycles. The normalized spacial score (nSPS) is 21.6. The quantitative estimate of drug-likeness (QED) is 0.778. The number of aromatic nitrogens is 4. The minimum atomic E-state index is -0.488. The summed E-state index contributed by atoms with van der Waals surface area (Å²) in [4.78, 5) is 6.35. The summed E-state index contributed by atoms with van der Waals surface area (Å²) in [6.07, 6.45) is 5.07. The van der Waals surface area contributed by atoms with Gasteiger partial charge in [0.2, 0.25) is 5.65 Å². The van der Waals surface area contributed by atoms with Gasteiger partial charge in [0.25, 0.3) is 0 Å². The van der Waals surface area contributed by atoms with E-state index in [2.05, 4.69) is 15.2 Å². The van der Waals surface area contributed by atoms with Crippen LogP contribution in [0.5, 0.6) is 0 Å². The number of hydrogen-bond donors (Lipinski definition) is 1. The third-order valence-corrected chi connectivity index (χ3v) is 3.98. The Balaban J connectivity index is 1.80. The predicted molar refractivity (Wildman–Crippen MR) is 77.9 cm³/mol. The first-order valence-electron chi connectivity index (χ1n) is 7.07. The number of halogens is 1. The van der Waals surface area contributed by atoms with Crippen molar-refractivity contribution >= 4 is 11.5 Å². The summed E-state index contributed by atoms with van der Waals surface area (Å²) in [7, 11) is 0. The van der Waals surface area contributed by atoms with Gasteiger partial charge in [-0.2, -0.15) is 0 Å². The molecule has 0 aliphatic carbocycles. The van der Waals surface area contributed by atoms with E-state index < -0.39 is 6.10 Å². The molecule has 112 valence electrons. The second kappa shape index (κ2) is 5.03. The van der Waals surface area contributed by atoms with Crippen LogP contribution in [0, 0.1) is 5.82 Å². The second-order valence-corrected chi connectivity index (χ2v) is 5.43. The third kappa shape index (κ3) is 2.10. The molecule has 22 heavy (non-hydrogen) atoms. The average Bonchev–Trinajstić information content (AvgIpc) is 3.13. The number of β-amino-alcohol motifs (C(OH)–C–C–N with tert-alkyl or cyclic N) is 1. The number of aliphatic hydroxyl groups is 1. The molecule has 0 bridgehead atoms. The van der Waals surface area contributed by atoms with Gasteiger partial charge in [0.15, 0.2) is 5.82 Å². The molecule has 3 heterocycles. The zero-order valence-electron chi connectivity index (χ0n) is 11.7. The lowest BCUT2D eigenvalue weighted by Crippen LogP contribution is -2.26. The first-order valence-corrected chi connectivity index (χ1v) is 7.07. The molecule has 2 unspecified atom stereocenters. The van der Waals surface area contributed by atoms with E-state index in [-0.39, 0.29) is 11.9 Å². The zero-order chi connectivity index (χ0) is 15.1. The van der Waals surface area contributed by atoms with Crippen molar-refractivity contribution in [3.05, 3.63) is 54.4 Å². The molecule has 0 spiro atoms. The number of rotatable bonds is 2. The monoisotopic (exact) mass is 299 g/mol. The van der Waals surface area contributed by atoms with Crippen LogP contribution in [0.3, 0.4) is 0 Å². The standard InChI is InChI=1S/C15H14FN5O/c16-11-3-1-2-10(6-11)13-7-12(22)8-21(13)14-15-19-18-9-20(15)5-4-17-14/h1-6,9,12-13,22H,7-8H2. The van der Waals surface area contributed by atoms with Crippen LogP contribution < -0.4 is 4.90 Å². The molecule has 4 rings (SSSR count). The first-order chi connectivity index (χ1) is 10.7. The average molecular weight is 299 g/mol. The summed E-state index contributed by atoms with van der Waals surface area (Å²) in [6, 6.07) is 6.32. The van der Waals surface area contributed by atoms with Crippen LogP contribution in [0.4, 0.5) is 10.2 Å². The fourth-order valence-electron chi connectivity index (χ4n) is 3.03. The van der Waals surface area contributed by atoms with E-state index in [0.29, 0.717) is 24.4 Å². The highest BCUT2D eigenvalue weighted by Gasteiger charge is 2.34. The van der Waals surface area contributed by atoms with Crippen molar-refractivity contribution in [2.45, 2.75) is 18.6 Å². The fourth-order valence-corrected chi connectivity index (χ4v) is 3.03. The van der Waals surface area contributed by atoms with E-state index in [4.69, 9.17) is 0 Å². The summed E-state index contributed by atoms with van der Waals surface area (Å²) in [5.74, 6) is 0.360. The molecular formula is C15H14FN5O. The first kappa shape index (κ1) is 13.1. The van der Waals surface area contributed by atoms with Gasteiger partial charge in [-0.3, -0.25) is 4.40 Å². The molecule has 1 N–H and O–H groups in total. The van der Waals surface area contributed by atoms with Gasteiger partial charge in [-0.25, -0.2) is 9.37 Å². The number of hydrogen-bond acceptors (Lipinski definition) is 5. The Labute approximate surface area is 125 Å². The van der Waals surface area contributed by atoms with Crippen LogP contribution in [-0.4, -0.2) is 37.3 Å². The van der Waals surface area contributed by atoms with Gasteiger partial charge in [-0.15, -0.1) is 10.2 Å². The maximum absolute atomic E-state index is 13.5. The number of aliphatic hydroxyl groups excluding tert-OH is 1. The molecule has 0 amide bonds. The van der Waals surface area contributed by atoms with Crippen LogP contribution in [-0.2, 0) is 0 Å². The van der Waals surface area contributed by atoms with Gasteiger partial charge in [-0.05, 0) is 24.1 Å². The van der Waals surface area contributed by atoms with E-state index >= 15 is 0 Å². The van der Waals surface area contributed by atoms with Crippen LogP contribution >= 0.6 is 0 Å². The number of nitrogens with zero attached hydrogens (tertiary/aromatic N) is 5. The molecule has 6 nitrogen and oxygen atoms in total. The molecule has 2 atom stereocenters. The van der Waals surface area contributed by atoms with Crippen molar-refractivity contribution < 1.29 is 9.50 Å². The van der Waals surface area contributed by atoms with Crippen LogP contribution in [0.25, 0.3) is 5.65 Å². The summed E-state index contributed by atoms with van der Waals surface area (Å²) in [5.41, 5.74) is 1.44. The van der Waals surface area contributed by atoms with Crippen molar-refractivity contribution in [2.24, 2.45) is 0 Å². The van der Waals surface area contributed by atoms with E-state index in [1.807, 2.05) is 11.0 Å². The molecule has 7 heteroatoms. The number of anilines is 1. The lowest BCUT2D eigenvalue weighted by Gasteiger charge is -2.25. The van der Waals surface area contributed by atoms with Gasteiger partial charge < -0.3 is 10.0 Å². The highest BCUT2D eigenvalue weighted by molar-refractivity contribution is 5.65. The Bertz CT molecular complexity index is 820. The van der Waals surface area contributed by atoms with E-state index in [9.17, 15) is 9.50 Å². The van der Waals surface area contributed by atoms with E-state index in [1.165, 1.54) is 12.1 Å². The van der Waals surface area contributed by atoms with E-state index in [1.54, 1.807) is 29.2 Å². The molecule has 2 aromatic heterocycles. The fraction of sp³-hybridized carbons (Fsp3) is 0.267. The van der Waals surface area contributed by atoms with Gasteiger partial charge in [0.1, 0.15) is 12.1 Å². The molecule has 1 saturated heterocycles. The topological polar surface area (TPSA) is 66.5 Å². The van der Waals surface area contributed by atoms with Crippen molar-refractivity contribution in [2.75, 3.05) is 11.4 Å². The van der Waals surface area contributed by atoms with Gasteiger partial charge in [-0.1, -0.05) is 12.1 Å². The molecule has 0 radical (unpaired) electrons. The Morgan fingerprint density at radius 2 is 2.23 bits per heavy atom. The van der Waals surface area contributed by atoms with Crippen molar-refractivity contribution in [1.29, 1.82) is 0 Å². The molecule has 1 aliphatic rings. The summed E-state index contributed by atoms with van der Waals surface area (Å²) in [5, 5.41) is 18.1. The van der Waals surface area contributed by atoms with Crippen LogP contribution in [0.2, 0.25) is 0 Å². The van der Waals surface area contributed by atoms with Crippen molar-refractivity contribution in [3.63, 3.8) is 0 Å². The highest BCUT2D eigenvalue weighted by Crippen LogP contribution is 2.36. The molecule has 0 saturated carbocycles. The summed E-state index contributed by atoms with van der Waals surface area (Å²) < 4.78 is 15.3. The molecule has 1 aliphatic heterocycles. The number of benzene rings is 1. The van der Waals surface area contributed by atoms with Crippen molar-refractivity contribution in [3.8, 4) is 0 Å². The third-order valence-electron chi connectivity index (χ3n) is 3.98. The Morgan fingerprint density at radius 3 is 3.09 bits per heavy atom. The lowest BCUT2D eigenvalue weighted by molar-refractivity contribution is 0.194. The lowest BCUT2D eigenvalue weighted by atomic mass is 10.0. The van der Waals surface area contributed by atoms with Gasteiger partial charge in [0.05, 0.1) is 12.1 Å². The molecule has 3 aromatic rings. The second-order valence-electron chi connectivity index (χ2n) is 5.43.